The molecule has 2 aromatic carbocycles. The van der Waals surface area contributed by atoms with Gasteiger partial charge >= 0.3 is 0 Å². The molecule has 21 heavy (non-hydrogen) atoms. The van der Waals surface area contributed by atoms with E-state index in [0.29, 0.717) is 16.8 Å². The molecule has 0 radical (unpaired) electrons. The summed E-state index contributed by atoms with van der Waals surface area (Å²) in [5, 5.41) is 2.61. The van der Waals surface area contributed by atoms with Crippen molar-refractivity contribution in [1.82, 2.24) is 0 Å². The smallest absolute Gasteiger partial charge is 0.248 e. The van der Waals surface area contributed by atoms with Gasteiger partial charge in [-0.3, -0.25) is 9.59 Å². The maximum absolute atomic E-state index is 12.7. The van der Waals surface area contributed by atoms with Crippen LogP contribution in [0.2, 0.25) is 0 Å². The summed E-state index contributed by atoms with van der Waals surface area (Å²) < 4.78 is 12.7. The second-order valence-electron chi connectivity index (χ2n) is 4.32. The van der Waals surface area contributed by atoms with Crippen molar-refractivity contribution < 1.29 is 14.0 Å². The minimum Gasteiger partial charge on any atom is -0.366 e. The monoisotopic (exact) mass is 284 g/mol. The van der Waals surface area contributed by atoms with E-state index in [0.717, 1.165) is 0 Å². The highest BCUT2D eigenvalue weighted by Crippen LogP contribution is 2.10. The minimum atomic E-state index is -0.562. The summed E-state index contributed by atoms with van der Waals surface area (Å²) in [5.41, 5.74) is 6.66. The molecular formula is C16H13FN2O2. The fraction of sp³-hybridized carbons (Fsp3) is 0. The van der Waals surface area contributed by atoms with Gasteiger partial charge in [-0.15, -0.1) is 0 Å². The molecule has 0 heterocycles. The molecule has 0 bridgehead atoms. The summed E-state index contributed by atoms with van der Waals surface area (Å²) in [4.78, 5) is 22.8. The molecule has 0 aliphatic carbocycles. The molecule has 0 aromatic heterocycles. The fourth-order valence-electron chi connectivity index (χ4n) is 1.68. The molecule has 0 saturated carbocycles. The van der Waals surface area contributed by atoms with Gasteiger partial charge in [0.2, 0.25) is 11.8 Å². The Kier molecular flexibility index (Phi) is 4.46. The third-order valence-electron chi connectivity index (χ3n) is 2.71. The summed E-state index contributed by atoms with van der Waals surface area (Å²) in [7, 11) is 0. The van der Waals surface area contributed by atoms with Crippen LogP contribution in [0.15, 0.2) is 54.6 Å². The second kappa shape index (κ2) is 6.47. The zero-order chi connectivity index (χ0) is 15.2. The normalized spacial score (nSPS) is 10.5. The molecule has 0 saturated heterocycles. The number of hydrogen-bond acceptors (Lipinski definition) is 2. The largest absolute Gasteiger partial charge is 0.366 e. The summed E-state index contributed by atoms with van der Waals surface area (Å²) in [6, 6.07) is 12.1. The molecule has 0 aliphatic heterocycles. The molecule has 2 rings (SSSR count). The van der Waals surface area contributed by atoms with Crippen LogP contribution in [-0.2, 0) is 4.79 Å². The van der Waals surface area contributed by atoms with Crippen molar-refractivity contribution in [3.8, 4) is 0 Å². The Morgan fingerprint density at radius 3 is 2.48 bits per heavy atom. The van der Waals surface area contributed by atoms with Gasteiger partial charge in [0, 0.05) is 17.3 Å². The van der Waals surface area contributed by atoms with Gasteiger partial charge in [0.25, 0.3) is 0 Å². The Morgan fingerprint density at radius 2 is 1.81 bits per heavy atom. The average Bonchev–Trinajstić information content (AvgIpc) is 2.47. The van der Waals surface area contributed by atoms with E-state index in [2.05, 4.69) is 5.32 Å². The minimum absolute atomic E-state index is 0.315. The van der Waals surface area contributed by atoms with Gasteiger partial charge < -0.3 is 11.1 Å². The number of halogens is 1. The number of carbonyl (C=O) groups is 2. The molecule has 0 unspecified atom stereocenters. The van der Waals surface area contributed by atoms with Crippen LogP contribution in [0.25, 0.3) is 6.08 Å². The van der Waals surface area contributed by atoms with Gasteiger partial charge in [-0.25, -0.2) is 4.39 Å². The maximum Gasteiger partial charge on any atom is 0.248 e. The SMILES string of the molecule is NC(=O)c1cccc(NC(=O)/C=C/c2ccc(F)cc2)c1. The molecule has 5 heteroatoms. The van der Waals surface area contributed by atoms with Crippen LogP contribution in [0, 0.1) is 5.82 Å². The van der Waals surface area contributed by atoms with Crippen LogP contribution < -0.4 is 11.1 Å². The van der Waals surface area contributed by atoms with Crippen LogP contribution >= 0.6 is 0 Å². The Bertz CT molecular complexity index is 694. The van der Waals surface area contributed by atoms with E-state index in [1.807, 2.05) is 0 Å². The highest BCUT2D eigenvalue weighted by Gasteiger charge is 2.03. The van der Waals surface area contributed by atoms with Crippen molar-refractivity contribution in [2.24, 2.45) is 5.73 Å². The highest BCUT2D eigenvalue weighted by molar-refractivity contribution is 6.03. The molecule has 0 fully saturated rings. The number of rotatable bonds is 4. The van der Waals surface area contributed by atoms with Crippen molar-refractivity contribution in [2.75, 3.05) is 5.32 Å². The predicted molar refractivity (Wildman–Crippen MR) is 79.0 cm³/mol. The van der Waals surface area contributed by atoms with Crippen LogP contribution in [0.1, 0.15) is 15.9 Å². The van der Waals surface area contributed by atoms with Crippen molar-refractivity contribution in [1.29, 1.82) is 0 Å². The lowest BCUT2D eigenvalue weighted by Gasteiger charge is -2.03. The van der Waals surface area contributed by atoms with Gasteiger partial charge in [-0.2, -0.15) is 0 Å². The lowest BCUT2D eigenvalue weighted by atomic mass is 10.2. The lowest BCUT2D eigenvalue weighted by molar-refractivity contribution is -0.111. The number of primary amides is 1. The molecule has 4 nitrogen and oxygen atoms in total. The Hall–Kier alpha value is -2.95. The fourth-order valence-corrected chi connectivity index (χ4v) is 1.68. The molecule has 106 valence electrons. The summed E-state index contributed by atoms with van der Waals surface area (Å²) >= 11 is 0. The Labute approximate surface area is 121 Å². The molecule has 2 aromatic rings. The van der Waals surface area contributed by atoms with Gasteiger partial charge in [-0.05, 0) is 42.0 Å². The molecule has 0 spiro atoms. The lowest BCUT2D eigenvalue weighted by Crippen LogP contribution is -2.12. The van der Waals surface area contributed by atoms with Crippen molar-refractivity contribution in [3.63, 3.8) is 0 Å². The quantitative estimate of drug-likeness (QED) is 0.847. The zero-order valence-corrected chi connectivity index (χ0v) is 11.0. The van der Waals surface area contributed by atoms with Gasteiger partial charge in [0.1, 0.15) is 5.82 Å². The maximum atomic E-state index is 12.7. The van der Waals surface area contributed by atoms with Gasteiger partial charge in [0.15, 0.2) is 0 Å². The van der Waals surface area contributed by atoms with E-state index in [1.54, 1.807) is 36.4 Å². The first-order chi connectivity index (χ1) is 10.0. The number of benzene rings is 2. The van der Waals surface area contributed by atoms with Crippen molar-refractivity contribution in [3.05, 3.63) is 71.6 Å². The number of nitrogens with one attached hydrogen (secondary N) is 1. The zero-order valence-electron chi connectivity index (χ0n) is 11.0. The third kappa shape index (κ3) is 4.28. The van der Waals surface area contributed by atoms with E-state index in [9.17, 15) is 14.0 Å². The second-order valence-corrected chi connectivity index (χ2v) is 4.32. The summed E-state index contributed by atoms with van der Waals surface area (Å²) in [6.07, 6.45) is 2.89. The average molecular weight is 284 g/mol. The first-order valence-corrected chi connectivity index (χ1v) is 6.19. The Balaban J connectivity index is 2.03. The number of carbonyl (C=O) groups excluding carboxylic acids is 2. The van der Waals surface area contributed by atoms with Gasteiger partial charge in [-0.1, -0.05) is 18.2 Å². The Morgan fingerprint density at radius 1 is 1.10 bits per heavy atom. The summed E-state index contributed by atoms with van der Waals surface area (Å²) in [6.45, 7) is 0. The third-order valence-corrected chi connectivity index (χ3v) is 2.71. The first-order valence-electron chi connectivity index (χ1n) is 6.19. The van der Waals surface area contributed by atoms with Crippen LogP contribution in [0.5, 0.6) is 0 Å². The first kappa shape index (κ1) is 14.5. The predicted octanol–water partition coefficient (Wildman–Crippen LogP) is 2.58. The van der Waals surface area contributed by atoms with E-state index >= 15 is 0 Å². The molecule has 0 atom stereocenters. The van der Waals surface area contributed by atoms with Crippen LogP contribution in [-0.4, -0.2) is 11.8 Å². The van der Waals surface area contributed by atoms with Crippen molar-refractivity contribution in [2.45, 2.75) is 0 Å². The van der Waals surface area contributed by atoms with E-state index in [4.69, 9.17) is 5.73 Å². The standard InChI is InChI=1S/C16H13FN2O2/c17-13-7-4-11(5-8-13)6-9-15(20)19-14-3-1-2-12(10-14)16(18)21/h1-10H,(H2,18,21)(H,19,20)/b9-6+. The van der Waals surface area contributed by atoms with Crippen LogP contribution in [0.4, 0.5) is 10.1 Å². The highest BCUT2D eigenvalue weighted by atomic mass is 19.1. The number of anilines is 1. The number of nitrogens with two attached hydrogens (primary N) is 1. The number of hydrogen-bond donors (Lipinski definition) is 2. The van der Waals surface area contributed by atoms with E-state index in [-0.39, 0.29) is 11.7 Å². The molecular weight excluding hydrogens is 271 g/mol. The molecule has 2 amide bonds. The van der Waals surface area contributed by atoms with Crippen LogP contribution in [0.3, 0.4) is 0 Å². The van der Waals surface area contributed by atoms with E-state index < -0.39 is 5.91 Å². The topological polar surface area (TPSA) is 72.2 Å². The summed E-state index contributed by atoms with van der Waals surface area (Å²) in [5.74, 6) is -1.26. The number of amides is 2. The van der Waals surface area contributed by atoms with Gasteiger partial charge in [0.05, 0.1) is 0 Å². The van der Waals surface area contributed by atoms with Crippen molar-refractivity contribution >= 4 is 23.6 Å². The molecule has 3 N–H and O–H groups in total. The molecule has 0 aliphatic rings. The van der Waals surface area contributed by atoms with E-state index in [1.165, 1.54) is 24.3 Å².